The van der Waals surface area contributed by atoms with E-state index in [9.17, 15) is 4.57 Å². The van der Waals surface area contributed by atoms with Crippen molar-refractivity contribution in [3.05, 3.63) is 0 Å². The molecular formula is C9H20OP+. The summed E-state index contributed by atoms with van der Waals surface area (Å²) in [4.78, 5) is 0. The van der Waals surface area contributed by atoms with E-state index in [4.69, 9.17) is 0 Å². The molecule has 0 aromatic rings. The largest absolute Gasteiger partial charge is 0.339 e. The predicted octanol–water partition coefficient (Wildman–Crippen LogP) is 3.66. The summed E-state index contributed by atoms with van der Waals surface area (Å²) in [6.45, 7) is 8.57. The molecule has 0 bridgehead atoms. The van der Waals surface area contributed by atoms with Crippen molar-refractivity contribution < 1.29 is 4.57 Å². The van der Waals surface area contributed by atoms with Crippen LogP contribution >= 0.6 is 7.80 Å². The van der Waals surface area contributed by atoms with Crippen LogP contribution in [0.4, 0.5) is 0 Å². The van der Waals surface area contributed by atoms with Gasteiger partial charge in [0.2, 0.25) is 0 Å². The van der Waals surface area contributed by atoms with E-state index in [-0.39, 0.29) is 5.41 Å². The molecule has 1 unspecified atom stereocenters. The SMILES string of the molecule is CCCC[P+](=O)CC(C)(C)C. The molecule has 0 spiro atoms. The van der Waals surface area contributed by atoms with Crippen LogP contribution in [0.25, 0.3) is 0 Å². The van der Waals surface area contributed by atoms with Crippen LogP contribution in [-0.2, 0) is 4.57 Å². The van der Waals surface area contributed by atoms with E-state index in [1.807, 2.05) is 0 Å². The maximum absolute atomic E-state index is 11.4. The van der Waals surface area contributed by atoms with Crippen LogP contribution in [0.15, 0.2) is 0 Å². The van der Waals surface area contributed by atoms with Crippen molar-refractivity contribution in [3.8, 4) is 0 Å². The zero-order valence-electron chi connectivity index (χ0n) is 8.18. The Balaban J connectivity index is 3.53. The molecule has 1 atom stereocenters. The minimum absolute atomic E-state index is 0.237. The molecule has 0 aromatic carbocycles. The Hall–Kier alpha value is 0.100. The predicted molar refractivity (Wildman–Crippen MR) is 51.7 cm³/mol. The van der Waals surface area contributed by atoms with Crippen LogP contribution in [-0.4, -0.2) is 12.3 Å². The molecule has 0 saturated carbocycles. The van der Waals surface area contributed by atoms with Gasteiger partial charge in [0.1, 0.15) is 6.16 Å². The van der Waals surface area contributed by atoms with E-state index >= 15 is 0 Å². The van der Waals surface area contributed by atoms with Crippen molar-refractivity contribution >= 4 is 7.80 Å². The summed E-state index contributed by atoms with van der Waals surface area (Å²) >= 11 is 0. The normalized spacial score (nSPS) is 13.3. The Labute approximate surface area is 71.4 Å². The number of rotatable bonds is 4. The summed E-state index contributed by atoms with van der Waals surface area (Å²) in [5.41, 5.74) is 0.237. The van der Waals surface area contributed by atoms with Crippen LogP contribution in [0.5, 0.6) is 0 Å². The van der Waals surface area contributed by atoms with Crippen molar-refractivity contribution in [1.29, 1.82) is 0 Å². The smallest absolute Gasteiger partial charge is 0.0748 e. The summed E-state index contributed by atoms with van der Waals surface area (Å²) in [6.07, 6.45) is 4.07. The van der Waals surface area contributed by atoms with Gasteiger partial charge in [-0.3, -0.25) is 0 Å². The molecule has 2 heteroatoms. The monoisotopic (exact) mass is 175 g/mol. The summed E-state index contributed by atoms with van der Waals surface area (Å²) in [7, 11) is -0.925. The van der Waals surface area contributed by atoms with Gasteiger partial charge >= 0.3 is 7.80 Å². The molecule has 0 rings (SSSR count). The first-order valence-electron chi connectivity index (χ1n) is 4.38. The number of hydrogen-bond acceptors (Lipinski definition) is 1. The first kappa shape index (κ1) is 11.1. The first-order valence-corrected chi connectivity index (χ1v) is 6.01. The molecule has 0 aliphatic heterocycles. The fraction of sp³-hybridized carbons (Fsp3) is 1.00. The summed E-state index contributed by atoms with van der Waals surface area (Å²) in [6, 6.07) is 0. The Bertz CT molecular complexity index is 124. The lowest BCUT2D eigenvalue weighted by molar-refractivity contribution is 0.466. The maximum Gasteiger partial charge on any atom is 0.339 e. The van der Waals surface area contributed by atoms with Gasteiger partial charge in [0, 0.05) is 5.41 Å². The van der Waals surface area contributed by atoms with E-state index in [1.54, 1.807) is 0 Å². The molecule has 66 valence electrons. The molecule has 0 radical (unpaired) electrons. The van der Waals surface area contributed by atoms with Crippen molar-refractivity contribution in [3.63, 3.8) is 0 Å². The maximum atomic E-state index is 11.4. The Morgan fingerprint density at radius 2 is 1.82 bits per heavy atom. The second-order valence-electron chi connectivity index (χ2n) is 4.28. The lowest BCUT2D eigenvalue weighted by atomic mass is 10.0. The fourth-order valence-electron chi connectivity index (χ4n) is 0.943. The molecule has 0 fully saturated rings. The average molecular weight is 175 g/mol. The Morgan fingerprint density at radius 1 is 1.27 bits per heavy atom. The van der Waals surface area contributed by atoms with Gasteiger partial charge < -0.3 is 0 Å². The van der Waals surface area contributed by atoms with E-state index in [0.29, 0.717) is 0 Å². The number of hydrogen-bond donors (Lipinski definition) is 0. The van der Waals surface area contributed by atoms with E-state index in [1.165, 1.54) is 0 Å². The van der Waals surface area contributed by atoms with Gasteiger partial charge in [-0.25, -0.2) is 0 Å². The standard InChI is InChI=1S/C9H20OP/c1-5-6-7-11(10)8-9(2,3)4/h5-8H2,1-4H3/q+1. The number of unbranched alkanes of at least 4 members (excludes halogenated alkanes) is 1. The third-order valence-electron chi connectivity index (χ3n) is 1.41. The van der Waals surface area contributed by atoms with Crippen LogP contribution < -0.4 is 0 Å². The average Bonchev–Trinajstić information content (AvgIpc) is 1.79. The molecule has 0 aliphatic carbocycles. The van der Waals surface area contributed by atoms with Gasteiger partial charge in [-0.05, 0) is 6.42 Å². The minimum atomic E-state index is -0.925. The summed E-state index contributed by atoms with van der Waals surface area (Å²) in [5.74, 6) is 0. The van der Waals surface area contributed by atoms with Crippen molar-refractivity contribution in [2.75, 3.05) is 12.3 Å². The Kier molecular flexibility index (Phi) is 4.92. The van der Waals surface area contributed by atoms with Crippen molar-refractivity contribution in [2.45, 2.75) is 40.5 Å². The van der Waals surface area contributed by atoms with Gasteiger partial charge in [0.15, 0.2) is 6.16 Å². The fourth-order valence-corrected chi connectivity index (χ4v) is 2.83. The van der Waals surface area contributed by atoms with Crippen molar-refractivity contribution in [1.82, 2.24) is 0 Å². The van der Waals surface area contributed by atoms with Gasteiger partial charge in [0.25, 0.3) is 0 Å². The molecule has 1 nitrogen and oxygen atoms in total. The zero-order chi connectivity index (χ0) is 8.91. The summed E-state index contributed by atoms with van der Waals surface area (Å²) in [5, 5.41) is 0. The van der Waals surface area contributed by atoms with E-state index < -0.39 is 7.80 Å². The quantitative estimate of drug-likeness (QED) is 0.596. The molecule has 0 N–H and O–H groups in total. The van der Waals surface area contributed by atoms with Crippen LogP contribution in [0.1, 0.15) is 40.5 Å². The van der Waals surface area contributed by atoms with Crippen LogP contribution in [0.3, 0.4) is 0 Å². The molecule has 0 aromatic heterocycles. The van der Waals surface area contributed by atoms with Gasteiger partial charge in [0.05, 0.1) is 0 Å². The van der Waals surface area contributed by atoms with Crippen LogP contribution in [0.2, 0.25) is 0 Å². The zero-order valence-corrected chi connectivity index (χ0v) is 9.08. The topological polar surface area (TPSA) is 17.1 Å². The van der Waals surface area contributed by atoms with E-state index in [2.05, 4.69) is 27.7 Å². The van der Waals surface area contributed by atoms with Gasteiger partial charge in [-0.1, -0.05) is 38.7 Å². The second-order valence-corrected chi connectivity index (χ2v) is 6.00. The van der Waals surface area contributed by atoms with Crippen LogP contribution in [0, 0.1) is 5.41 Å². The molecule has 0 heterocycles. The van der Waals surface area contributed by atoms with Gasteiger partial charge in [-0.15, -0.1) is 0 Å². The highest BCUT2D eigenvalue weighted by molar-refractivity contribution is 7.44. The highest BCUT2D eigenvalue weighted by atomic mass is 31.1. The Morgan fingerprint density at radius 3 is 2.18 bits per heavy atom. The van der Waals surface area contributed by atoms with E-state index in [0.717, 1.165) is 25.2 Å². The molecule has 0 aliphatic rings. The lowest BCUT2D eigenvalue weighted by Gasteiger charge is -2.09. The first-order chi connectivity index (χ1) is 4.95. The van der Waals surface area contributed by atoms with Crippen molar-refractivity contribution in [2.24, 2.45) is 5.41 Å². The second kappa shape index (κ2) is 4.87. The lowest BCUT2D eigenvalue weighted by Crippen LogP contribution is -2.08. The summed E-state index contributed by atoms with van der Waals surface area (Å²) < 4.78 is 11.4. The highest BCUT2D eigenvalue weighted by Gasteiger charge is 2.24. The molecule has 0 amide bonds. The third kappa shape index (κ3) is 8.00. The highest BCUT2D eigenvalue weighted by Crippen LogP contribution is 2.31. The van der Waals surface area contributed by atoms with Gasteiger partial charge in [-0.2, -0.15) is 0 Å². The minimum Gasteiger partial charge on any atom is -0.0748 e. The molecule has 0 saturated heterocycles. The third-order valence-corrected chi connectivity index (χ3v) is 3.53. The molecular weight excluding hydrogens is 155 g/mol. The molecule has 11 heavy (non-hydrogen) atoms.